The third-order valence-corrected chi connectivity index (χ3v) is 8.12. The number of hydrogen-bond donors (Lipinski definition) is 0. The normalized spacial score (nSPS) is 24.3. The van der Waals surface area contributed by atoms with Crippen molar-refractivity contribution >= 4 is 27.5 Å². The first kappa shape index (κ1) is 18.4. The van der Waals surface area contributed by atoms with Crippen LogP contribution in [0.2, 0.25) is 5.02 Å². The maximum Gasteiger partial charge on any atom is 0.346 e. The number of benzene rings is 1. The Morgan fingerprint density at radius 2 is 2.07 bits per heavy atom. The zero-order chi connectivity index (χ0) is 19.2. The molecule has 2 bridgehead atoms. The number of aromatic nitrogens is 3. The first-order valence-electron chi connectivity index (χ1n) is 9.00. The highest BCUT2D eigenvalue weighted by molar-refractivity contribution is 7.91. The zero-order valence-electron chi connectivity index (χ0n) is 15.0. The molecule has 7 nitrogen and oxygen atoms in total. The molecular formula is C18H21ClN4O3S. The smallest absolute Gasteiger partial charge is 0.321 e. The first-order valence-corrected chi connectivity index (χ1v) is 10.9. The summed E-state index contributed by atoms with van der Waals surface area (Å²) in [6.45, 7) is 0.285. The molecule has 144 valence electrons. The Morgan fingerprint density at radius 1 is 1.30 bits per heavy atom. The Balaban J connectivity index is 1.50. The minimum Gasteiger partial charge on any atom is -0.321 e. The van der Waals surface area contributed by atoms with Crippen LogP contribution in [0, 0.1) is 11.8 Å². The number of carbonyl (C=O) groups is 1. The lowest BCUT2D eigenvalue weighted by Gasteiger charge is -2.20. The maximum atomic E-state index is 12.9. The van der Waals surface area contributed by atoms with Gasteiger partial charge >= 0.3 is 6.03 Å². The summed E-state index contributed by atoms with van der Waals surface area (Å²) in [5.41, 5.74) is 0.796. The van der Waals surface area contributed by atoms with Crippen molar-refractivity contribution in [3.05, 3.63) is 41.2 Å². The van der Waals surface area contributed by atoms with Crippen LogP contribution in [0.15, 0.2) is 35.7 Å². The minimum atomic E-state index is -3.61. The topological polar surface area (TPSA) is 85.2 Å². The quantitative estimate of drug-likeness (QED) is 0.776. The highest BCUT2D eigenvalue weighted by Gasteiger charge is 2.47. The van der Waals surface area contributed by atoms with Gasteiger partial charge in [0.25, 0.3) is 5.16 Å². The molecule has 1 aromatic heterocycles. The molecule has 0 N–H and O–H groups in total. The fourth-order valence-electron chi connectivity index (χ4n) is 4.30. The Morgan fingerprint density at radius 3 is 2.74 bits per heavy atom. The van der Waals surface area contributed by atoms with E-state index in [0.717, 1.165) is 29.5 Å². The van der Waals surface area contributed by atoms with E-state index in [-0.39, 0.29) is 17.6 Å². The van der Waals surface area contributed by atoms with Crippen molar-refractivity contribution in [2.75, 3.05) is 7.05 Å². The molecule has 0 spiro atoms. The van der Waals surface area contributed by atoms with Crippen LogP contribution in [0.4, 0.5) is 4.79 Å². The van der Waals surface area contributed by atoms with Gasteiger partial charge in [0, 0.05) is 18.6 Å². The van der Waals surface area contributed by atoms with E-state index in [4.69, 9.17) is 11.6 Å². The van der Waals surface area contributed by atoms with Gasteiger partial charge in [-0.3, -0.25) is 0 Å². The van der Waals surface area contributed by atoms with Crippen molar-refractivity contribution in [1.29, 1.82) is 0 Å². The molecule has 3 atom stereocenters. The molecule has 2 aromatic rings. The molecule has 1 aromatic carbocycles. The van der Waals surface area contributed by atoms with Crippen molar-refractivity contribution < 1.29 is 13.2 Å². The Labute approximate surface area is 163 Å². The molecule has 27 heavy (non-hydrogen) atoms. The summed E-state index contributed by atoms with van der Waals surface area (Å²) < 4.78 is 26.8. The number of nitrogens with zero attached hydrogens (tertiary/aromatic N) is 4. The molecule has 2 aliphatic rings. The Hall–Kier alpha value is -1.93. The standard InChI is InChI=1S/C18H21ClN4O3S/c1-22(10-14-4-2-3-5-15(14)19)18(24)23-11-20-17(21-23)27(25,26)16-9-12-6-7-13(16)8-12/h2-5,11-13,16H,6-10H2,1H3/t12-,13+,16+/m0/s1. The van der Waals surface area contributed by atoms with Gasteiger partial charge < -0.3 is 4.90 Å². The summed E-state index contributed by atoms with van der Waals surface area (Å²) in [6.07, 6.45) is 4.90. The van der Waals surface area contributed by atoms with E-state index in [1.807, 2.05) is 18.2 Å². The summed E-state index contributed by atoms with van der Waals surface area (Å²) in [4.78, 5) is 18.0. The van der Waals surface area contributed by atoms with E-state index >= 15 is 0 Å². The van der Waals surface area contributed by atoms with Gasteiger partial charge in [0.15, 0.2) is 0 Å². The van der Waals surface area contributed by atoms with Gasteiger partial charge in [0.2, 0.25) is 9.84 Å². The van der Waals surface area contributed by atoms with E-state index in [1.165, 1.54) is 11.2 Å². The number of fused-ring (bicyclic) bond motifs is 2. The molecule has 0 saturated heterocycles. The van der Waals surface area contributed by atoms with Crippen LogP contribution in [0.5, 0.6) is 0 Å². The second kappa shape index (κ2) is 6.91. The monoisotopic (exact) mass is 408 g/mol. The van der Waals surface area contributed by atoms with Crippen molar-refractivity contribution in [3.63, 3.8) is 0 Å². The molecule has 0 radical (unpaired) electrons. The van der Waals surface area contributed by atoms with Crippen LogP contribution in [0.1, 0.15) is 31.2 Å². The van der Waals surface area contributed by atoms with Crippen LogP contribution in [0.25, 0.3) is 0 Å². The third-order valence-electron chi connectivity index (χ3n) is 5.68. The van der Waals surface area contributed by atoms with Gasteiger partial charge in [-0.05, 0) is 42.7 Å². The van der Waals surface area contributed by atoms with Crippen molar-refractivity contribution in [2.24, 2.45) is 11.8 Å². The number of carbonyl (C=O) groups excluding carboxylic acids is 1. The molecule has 0 unspecified atom stereocenters. The molecule has 4 rings (SSSR count). The number of sulfone groups is 1. The Bertz CT molecular complexity index is 974. The maximum absolute atomic E-state index is 12.9. The summed E-state index contributed by atoms with van der Waals surface area (Å²) in [5.74, 6) is 0.700. The minimum absolute atomic E-state index is 0.200. The number of hydrogen-bond acceptors (Lipinski definition) is 5. The van der Waals surface area contributed by atoms with Gasteiger partial charge in [0.1, 0.15) is 6.33 Å². The zero-order valence-corrected chi connectivity index (χ0v) is 16.5. The summed E-state index contributed by atoms with van der Waals surface area (Å²) in [5, 5.41) is 3.89. The summed E-state index contributed by atoms with van der Waals surface area (Å²) in [7, 11) is -2.00. The van der Waals surface area contributed by atoms with Crippen molar-refractivity contribution in [2.45, 2.75) is 42.6 Å². The lowest BCUT2D eigenvalue weighted by Crippen LogP contribution is -2.32. The van der Waals surface area contributed by atoms with E-state index in [9.17, 15) is 13.2 Å². The van der Waals surface area contributed by atoms with Gasteiger partial charge in [-0.1, -0.05) is 36.2 Å². The first-order chi connectivity index (χ1) is 12.9. The van der Waals surface area contributed by atoms with Gasteiger partial charge in [-0.15, -0.1) is 5.10 Å². The van der Waals surface area contributed by atoms with Crippen molar-refractivity contribution in [1.82, 2.24) is 19.7 Å². The number of halogens is 1. The summed E-state index contributed by atoms with van der Waals surface area (Å²) >= 11 is 6.13. The number of amides is 1. The predicted molar refractivity (Wildman–Crippen MR) is 100 cm³/mol. The third kappa shape index (κ3) is 3.36. The van der Waals surface area contributed by atoms with Gasteiger partial charge in [-0.25, -0.2) is 18.2 Å². The average Bonchev–Trinajstić information content (AvgIpc) is 3.39. The van der Waals surface area contributed by atoms with Crippen LogP contribution in [-0.4, -0.2) is 46.4 Å². The van der Waals surface area contributed by atoms with Gasteiger partial charge in [-0.2, -0.15) is 4.68 Å². The molecule has 2 fully saturated rings. The van der Waals surface area contributed by atoms with Crippen LogP contribution in [0.3, 0.4) is 0 Å². The molecular weight excluding hydrogens is 388 g/mol. The van der Waals surface area contributed by atoms with Crippen LogP contribution in [-0.2, 0) is 16.4 Å². The fourth-order valence-corrected chi connectivity index (χ4v) is 6.44. The number of rotatable bonds is 4. The molecule has 9 heteroatoms. The van der Waals surface area contributed by atoms with Crippen LogP contribution >= 0.6 is 11.6 Å². The largest absolute Gasteiger partial charge is 0.346 e. The molecule has 1 amide bonds. The molecule has 2 aliphatic carbocycles. The summed E-state index contributed by atoms with van der Waals surface area (Å²) in [6, 6.07) is 6.78. The second-order valence-corrected chi connectivity index (χ2v) is 9.93. The second-order valence-electron chi connectivity index (χ2n) is 7.46. The van der Waals surface area contributed by atoms with E-state index < -0.39 is 21.1 Å². The predicted octanol–water partition coefficient (Wildman–Crippen LogP) is 2.99. The van der Waals surface area contributed by atoms with Crippen molar-refractivity contribution in [3.8, 4) is 0 Å². The molecule has 1 heterocycles. The van der Waals surface area contributed by atoms with E-state index in [2.05, 4.69) is 10.1 Å². The van der Waals surface area contributed by atoms with Gasteiger partial charge in [0.05, 0.1) is 5.25 Å². The molecule has 2 saturated carbocycles. The average molecular weight is 409 g/mol. The lowest BCUT2D eigenvalue weighted by atomic mass is 10.0. The molecule has 0 aliphatic heterocycles. The Kier molecular flexibility index (Phi) is 4.71. The SMILES string of the molecule is CN(Cc1ccccc1Cl)C(=O)n1cnc(S(=O)(=O)[C@@H]2C[C@H]3CC[C@@H]2C3)n1. The van der Waals surface area contributed by atoms with E-state index in [0.29, 0.717) is 17.4 Å². The fraction of sp³-hybridized carbons (Fsp3) is 0.500. The van der Waals surface area contributed by atoms with E-state index in [1.54, 1.807) is 13.1 Å². The highest BCUT2D eigenvalue weighted by Crippen LogP contribution is 2.48. The highest BCUT2D eigenvalue weighted by atomic mass is 35.5. The van der Waals surface area contributed by atoms with Crippen LogP contribution < -0.4 is 0 Å². The lowest BCUT2D eigenvalue weighted by molar-refractivity contribution is 0.205.